The second-order valence-electron chi connectivity index (χ2n) is 26.3. The van der Waals surface area contributed by atoms with Crippen LogP contribution in [0.2, 0.25) is 0 Å². The highest BCUT2D eigenvalue weighted by Crippen LogP contribution is 2.45. The molecule has 3 N–H and O–H groups in total. The quantitative estimate of drug-likeness (QED) is 0.0128. The summed E-state index contributed by atoms with van der Waals surface area (Å²) in [6.07, 6.45) is 66.6. The van der Waals surface area contributed by atoms with E-state index in [1.54, 1.807) is 0 Å². The van der Waals surface area contributed by atoms with Gasteiger partial charge in [-0.1, -0.05) is 282 Å². The lowest BCUT2D eigenvalue weighted by molar-refractivity contribution is -0.161. The van der Waals surface area contributed by atoms with Crippen molar-refractivity contribution in [2.45, 2.75) is 380 Å². The van der Waals surface area contributed by atoms with E-state index in [9.17, 15) is 43.2 Å². The number of aliphatic hydroxyl groups is 1. The number of unbranched alkanes of at least 4 members (excludes halogenated alkanes) is 41. The molecule has 0 saturated carbocycles. The molecule has 0 saturated heterocycles. The van der Waals surface area contributed by atoms with Crippen LogP contribution in [0.3, 0.4) is 0 Å². The number of carbonyl (C=O) groups excluding carboxylic acids is 4. The Morgan fingerprint density at radius 3 is 0.792 bits per heavy atom. The summed E-state index contributed by atoms with van der Waals surface area (Å²) in [6, 6.07) is 0. The molecule has 0 spiro atoms. The van der Waals surface area contributed by atoms with Crippen molar-refractivity contribution in [3.8, 4) is 0 Å². The van der Waals surface area contributed by atoms with Crippen LogP contribution >= 0.6 is 15.6 Å². The molecule has 17 nitrogen and oxygen atoms in total. The predicted molar refractivity (Wildman–Crippen MR) is 390 cm³/mol. The third kappa shape index (κ3) is 69.5. The summed E-state index contributed by atoms with van der Waals surface area (Å²) < 4.78 is 68.5. The van der Waals surface area contributed by atoms with Crippen LogP contribution < -0.4 is 0 Å². The fraction of sp³-hybridized carbons (Fsp3) is 0.844. The van der Waals surface area contributed by atoms with Crippen molar-refractivity contribution in [3.63, 3.8) is 0 Å². The summed E-state index contributed by atoms with van der Waals surface area (Å²) in [5.41, 5.74) is 0. The number of ether oxygens (including phenoxy) is 4. The molecular weight excluding hydrogens is 1260 g/mol. The van der Waals surface area contributed by atoms with E-state index < -0.39 is 97.5 Å². The lowest BCUT2D eigenvalue weighted by Crippen LogP contribution is -2.30. The molecule has 0 rings (SSSR count). The highest BCUT2D eigenvalue weighted by atomic mass is 31.2. The molecule has 0 radical (unpaired) electrons. The van der Waals surface area contributed by atoms with Gasteiger partial charge >= 0.3 is 39.5 Å². The minimum Gasteiger partial charge on any atom is -0.462 e. The fourth-order valence-corrected chi connectivity index (χ4v) is 12.4. The lowest BCUT2D eigenvalue weighted by atomic mass is 10.0. The molecule has 0 aromatic rings. The van der Waals surface area contributed by atoms with Crippen LogP contribution in [-0.4, -0.2) is 96.7 Å². The number of rotatable bonds is 74. The number of phosphoric acid groups is 2. The summed E-state index contributed by atoms with van der Waals surface area (Å²) in [4.78, 5) is 72.8. The molecule has 0 bridgehead atoms. The van der Waals surface area contributed by atoms with Gasteiger partial charge in [-0.25, -0.2) is 9.13 Å². The zero-order valence-electron chi connectivity index (χ0n) is 61.3. The average Bonchev–Trinajstić information content (AvgIpc) is 1.36. The van der Waals surface area contributed by atoms with E-state index in [-0.39, 0.29) is 25.7 Å². The monoisotopic (exact) mass is 1400 g/mol. The van der Waals surface area contributed by atoms with Crippen LogP contribution in [0, 0.1) is 0 Å². The maximum Gasteiger partial charge on any atom is 0.472 e. The van der Waals surface area contributed by atoms with Gasteiger partial charge in [0.05, 0.1) is 26.4 Å². The molecule has 96 heavy (non-hydrogen) atoms. The first-order chi connectivity index (χ1) is 46.7. The third-order valence-corrected chi connectivity index (χ3v) is 18.7. The Labute approximate surface area is 585 Å². The number of esters is 4. The highest BCUT2D eigenvalue weighted by molar-refractivity contribution is 7.47. The van der Waals surface area contributed by atoms with E-state index in [1.807, 2.05) is 0 Å². The van der Waals surface area contributed by atoms with E-state index in [2.05, 4.69) is 76.3 Å². The van der Waals surface area contributed by atoms with Crippen LogP contribution in [0.25, 0.3) is 0 Å². The van der Waals surface area contributed by atoms with Crippen molar-refractivity contribution < 1.29 is 80.2 Å². The number of hydrogen-bond donors (Lipinski definition) is 3. The molecule has 0 aromatic heterocycles. The van der Waals surface area contributed by atoms with Crippen molar-refractivity contribution in [1.82, 2.24) is 0 Å². The zero-order valence-corrected chi connectivity index (χ0v) is 63.1. The summed E-state index contributed by atoms with van der Waals surface area (Å²) in [5, 5.41) is 10.6. The minimum atomic E-state index is -4.97. The van der Waals surface area contributed by atoms with Gasteiger partial charge in [-0.15, -0.1) is 0 Å². The summed E-state index contributed by atoms with van der Waals surface area (Å²) in [5.74, 6) is -2.18. The van der Waals surface area contributed by atoms with Gasteiger partial charge in [-0.2, -0.15) is 0 Å². The number of phosphoric ester groups is 2. The third-order valence-electron chi connectivity index (χ3n) is 16.8. The SMILES string of the molecule is CCCCCC/C=C\C=C/CCCCCCCC(=O)OC[C@H](COP(=O)(O)OC[C@@H](O)COP(=O)(O)OC[C@@H](COC(=O)CCCCCCCCCCCCCCC)OC(=O)CCCCCCC/C=C\CCCCCC)OC(=O)CCCCCCC/C=C\CCCCCCCC. The minimum absolute atomic E-state index is 0.0864. The lowest BCUT2D eigenvalue weighted by Gasteiger charge is -2.21. The van der Waals surface area contributed by atoms with Crippen molar-refractivity contribution >= 4 is 39.5 Å². The standard InChI is InChI=1S/C77H142O17P2/c1-5-9-13-17-21-25-29-33-35-39-42-46-50-54-58-62-75(80)88-68-73(94-77(82)64-60-56-52-48-44-40-36-34-30-26-22-18-14-10-6-2)70-92-96(85,86)90-66-71(78)65-89-95(83,84)91-69-72(93-76(81)63-59-55-51-47-43-38-32-28-24-20-16-12-8-4)67-87-74(79)61-57-53-49-45-41-37-31-27-23-19-15-11-7-3/h25,28-29,32-36,71-73,78H,5-24,26-27,30-31,37-70H2,1-4H3,(H,83,84)(H,85,86)/b29-25-,32-28-,35-33-,36-34-/t71-,72+,73+/m0/s1. The molecule has 5 atom stereocenters. The van der Waals surface area contributed by atoms with Gasteiger partial charge in [0.25, 0.3) is 0 Å². The van der Waals surface area contributed by atoms with Crippen LogP contribution in [-0.2, 0) is 65.4 Å². The smallest absolute Gasteiger partial charge is 0.462 e. The Morgan fingerprint density at radius 1 is 0.292 bits per heavy atom. The molecule has 0 aromatic carbocycles. The first-order valence-corrected chi connectivity index (χ1v) is 41.9. The first kappa shape index (κ1) is 93.0. The van der Waals surface area contributed by atoms with E-state index in [4.69, 9.17) is 37.0 Å². The second-order valence-corrected chi connectivity index (χ2v) is 29.2. The first-order valence-electron chi connectivity index (χ1n) is 38.9. The Balaban J connectivity index is 5.33. The highest BCUT2D eigenvalue weighted by Gasteiger charge is 2.30. The average molecular weight is 1400 g/mol. The molecule has 2 unspecified atom stereocenters. The Kier molecular flexibility index (Phi) is 68.3. The van der Waals surface area contributed by atoms with Gasteiger partial charge in [0.15, 0.2) is 12.2 Å². The van der Waals surface area contributed by atoms with Gasteiger partial charge < -0.3 is 33.8 Å². The van der Waals surface area contributed by atoms with Crippen LogP contribution in [0.5, 0.6) is 0 Å². The molecule has 19 heteroatoms. The molecular formula is C77H142O17P2. The summed E-state index contributed by atoms with van der Waals surface area (Å²) in [6.45, 7) is 4.86. The summed E-state index contributed by atoms with van der Waals surface area (Å²) in [7, 11) is -9.94. The van der Waals surface area contributed by atoms with Crippen LogP contribution in [0.4, 0.5) is 0 Å². The number of carbonyl (C=O) groups is 4. The van der Waals surface area contributed by atoms with Crippen molar-refractivity contribution in [1.29, 1.82) is 0 Å². The van der Waals surface area contributed by atoms with E-state index in [0.29, 0.717) is 25.7 Å². The molecule has 562 valence electrons. The molecule has 0 aliphatic heterocycles. The summed E-state index contributed by atoms with van der Waals surface area (Å²) >= 11 is 0. The van der Waals surface area contributed by atoms with Gasteiger partial charge in [0.2, 0.25) is 0 Å². The predicted octanol–water partition coefficient (Wildman–Crippen LogP) is 22.1. The number of hydrogen-bond acceptors (Lipinski definition) is 15. The van der Waals surface area contributed by atoms with Crippen molar-refractivity contribution in [2.75, 3.05) is 39.6 Å². The topological polar surface area (TPSA) is 237 Å². The molecule has 0 aliphatic rings. The molecule has 0 fully saturated rings. The molecule has 0 aliphatic carbocycles. The van der Waals surface area contributed by atoms with Gasteiger partial charge in [-0.3, -0.25) is 37.3 Å². The zero-order chi connectivity index (χ0) is 70.4. The Morgan fingerprint density at radius 2 is 0.510 bits per heavy atom. The van der Waals surface area contributed by atoms with E-state index in [1.165, 1.54) is 148 Å². The Bertz CT molecular complexity index is 2010. The van der Waals surface area contributed by atoms with Gasteiger partial charge in [-0.05, 0) is 103 Å². The number of allylic oxidation sites excluding steroid dienone is 8. The maximum atomic E-state index is 13.1. The maximum absolute atomic E-state index is 13.1. The van der Waals surface area contributed by atoms with E-state index in [0.717, 1.165) is 135 Å². The normalized spacial score (nSPS) is 14.2. The van der Waals surface area contributed by atoms with Gasteiger partial charge in [0.1, 0.15) is 19.3 Å². The largest absolute Gasteiger partial charge is 0.472 e. The fourth-order valence-electron chi connectivity index (χ4n) is 10.8. The second kappa shape index (κ2) is 70.5. The van der Waals surface area contributed by atoms with Crippen molar-refractivity contribution in [3.05, 3.63) is 48.6 Å². The van der Waals surface area contributed by atoms with Crippen molar-refractivity contribution in [2.24, 2.45) is 0 Å². The van der Waals surface area contributed by atoms with Crippen LogP contribution in [0.15, 0.2) is 48.6 Å². The number of aliphatic hydroxyl groups excluding tert-OH is 1. The Hall–Kier alpha value is -2.98. The molecule has 0 amide bonds. The van der Waals surface area contributed by atoms with E-state index >= 15 is 0 Å². The van der Waals surface area contributed by atoms with Crippen LogP contribution in [0.1, 0.15) is 362 Å². The molecule has 0 heterocycles. The van der Waals surface area contributed by atoms with Gasteiger partial charge in [0, 0.05) is 25.7 Å².